The van der Waals surface area contributed by atoms with Crippen molar-refractivity contribution in [2.45, 2.75) is 25.9 Å². The van der Waals surface area contributed by atoms with Crippen LogP contribution in [-0.2, 0) is 0 Å². The van der Waals surface area contributed by atoms with Crippen molar-refractivity contribution >= 4 is 28.9 Å². The SMILES string of the molecule is CC1CCCN(c2ccc(NCC(O)CCl)cc2C(=O)O)C1. The summed E-state index contributed by atoms with van der Waals surface area (Å²) in [6, 6.07) is 5.32. The number of carboxylic acids is 1. The molecule has 1 aliphatic heterocycles. The molecule has 2 unspecified atom stereocenters. The number of piperidine rings is 1. The van der Waals surface area contributed by atoms with Crippen LogP contribution in [0.2, 0.25) is 0 Å². The highest BCUT2D eigenvalue weighted by atomic mass is 35.5. The van der Waals surface area contributed by atoms with Gasteiger partial charge in [-0.3, -0.25) is 0 Å². The van der Waals surface area contributed by atoms with E-state index < -0.39 is 12.1 Å². The number of aliphatic hydroxyl groups excluding tert-OH is 1. The maximum absolute atomic E-state index is 11.6. The molecular weight excluding hydrogens is 304 g/mol. The van der Waals surface area contributed by atoms with Crippen molar-refractivity contribution < 1.29 is 15.0 Å². The highest BCUT2D eigenvalue weighted by molar-refractivity contribution is 6.18. The number of hydrogen-bond acceptors (Lipinski definition) is 4. The highest BCUT2D eigenvalue weighted by Crippen LogP contribution is 2.28. The van der Waals surface area contributed by atoms with Crippen molar-refractivity contribution in [3.63, 3.8) is 0 Å². The van der Waals surface area contributed by atoms with Gasteiger partial charge >= 0.3 is 5.97 Å². The lowest BCUT2D eigenvalue weighted by atomic mass is 9.98. The molecule has 3 N–H and O–H groups in total. The van der Waals surface area contributed by atoms with Crippen LogP contribution in [0.1, 0.15) is 30.1 Å². The van der Waals surface area contributed by atoms with Crippen molar-refractivity contribution in [2.24, 2.45) is 5.92 Å². The van der Waals surface area contributed by atoms with E-state index in [0.717, 1.165) is 25.2 Å². The van der Waals surface area contributed by atoms with Gasteiger partial charge in [-0.25, -0.2) is 4.79 Å². The molecule has 1 aliphatic rings. The molecule has 0 spiro atoms. The molecule has 1 aromatic carbocycles. The summed E-state index contributed by atoms with van der Waals surface area (Å²) in [5.41, 5.74) is 1.73. The normalized spacial score (nSPS) is 19.8. The second-order valence-electron chi connectivity index (χ2n) is 5.92. The Balaban J connectivity index is 2.18. The molecule has 0 amide bonds. The quantitative estimate of drug-likeness (QED) is 0.701. The topological polar surface area (TPSA) is 72.8 Å². The number of nitrogens with zero attached hydrogens (tertiary/aromatic N) is 1. The first kappa shape index (κ1) is 16.9. The number of aromatic carboxylic acids is 1. The summed E-state index contributed by atoms with van der Waals surface area (Å²) in [4.78, 5) is 13.7. The Hall–Kier alpha value is -1.46. The third-order valence-corrected chi connectivity index (χ3v) is 4.30. The lowest BCUT2D eigenvalue weighted by Gasteiger charge is -2.33. The fourth-order valence-electron chi connectivity index (χ4n) is 2.79. The van der Waals surface area contributed by atoms with Crippen molar-refractivity contribution in [2.75, 3.05) is 35.7 Å². The van der Waals surface area contributed by atoms with Crippen LogP contribution in [0, 0.1) is 5.92 Å². The maximum Gasteiger partial charge on any atom is 0.337 e. The van der Waals surface area contributed by atoms with Crippen LogP contribution in [0.25, 0.3) is 0 Å². The summed E-state index contributed by atoms with van der Waals surface area (Å²) >= 11 is 5.55. The number of hydrogen-bond donors (Lipinski definition) is 3. The molecule has 0 aliphatic carbocycles. The number of rotatable bonds is 6. The lowest BCUT2D eigenvalue weighted by Crippen LogP contribution is -2.35. The molecule has 1 heterocycles. The Bertz CT molecular complexity index is 524. The van der Waals surface area contributed by atoms with Gasteiger partial charge in [0, 0.05) is 25.3 Å². The van der Waals surface area contributed by atoms with Gasteiger partial charge in [-0.15, -0.1) is 11.6 Å². The smallest absolute Gasteiger partial charge is 0.337 e. The number of carboxylic acid groups (broad SMARTS) is 1. The van der Waals surface area contributed by atoms with Crippen LogP contribution >= 0.6 is 11.6 Å². The molecule has 0 radical (unpaired) electrons. The van der Waals surface area contributed by atoms with Gasteiger partial charge in [0.25, 0.3) is 0 Å². The molecule has 0 bridgehead atoms. The third-order valence-electron chi connectivity index (χ3n) is 3.94. The van der Waals surface area contributed by atoms with Crippen LogP contribution in [0.5, 0.6) is 0 Å². The van der Waals surface area contributed by atoms with Crippen molar-refractivity contribution in [1.29, 1.82) is 0 Å². The molecule has 6 heteroatoms. The monoisotopic (exact) mass is 326 g/mol. The molecule has 0 aromatic heterocycles. The van der Waals surface area contributed by atoms with Crippen molar-refractivity contribution in [1.82, 2.24) is 0 Å². The molecule has 1 saturated heterocycles. The Morgan fingerprint density at radius 3 is 2.95 bits per heavy atom. The summed E-state index contributed by atoms with van der Waals surface area (Å²) in [6.45, 7) is 4.26. The van der Waals surface area contributed by atoms with E-state index in [9.17, 15) is 15.0 Å². The number of benzene rings is 1. The van der Waals surface area contributed by atoms with Crippen LogP contribution in [-0.4, -0.2) is 47.8 Å². The number of aliphatic hydroxyl groups is 1. The molecule has 22 heavy (non-hydrogen) atoms. The van der Waals surface area contributed by atoms with E-state index >= 15 is 0 Å². The molecular formula is C16H23ClN2O3. The first-order valence-electron chi connectivity index (χ1n) is 7.61. The third kappa shape index (κ3) is 4.27. The molecule has 122 valence electrons. The second-order valence-corrected chi connectivity index (χ2v) is 6.23. The van der Waals surface area contributed by atoms with Crippen LogP contribution in [0.15, 0.2) is 18.2 Å². The first-order valence-corrected chi connectivity index (χ1v) is 8.15. The molecule has 2 rings (SSSR count). The van der Waals surface area contributed by atoms with E-state index in [1.54, 1.807) is 6.07 Å². The van der Waals surface area contributed by atoms with Gasteiger partial charge in [0.05, 0.1) is 23.2 Å². The van der Waals surface area contributed by atoms with Gasteiger partial charge in [0.2, 0.25) is 0 Å². The average Bonchev–Trinajstić information content (AvgIpc) is 2.52. The van der Waals surface area contributed by atoms with E-state index in [1.807, 2.05) is 12.1 Å². The standard InChI is InChI=1S/C16H23ClN2O3/c1-11-3-2-6-19(10-11)15-5-4-12(7-14(15)16(21)22)18-9-13(20)8-17/h4-5,7,11,13,18,20H,2-3,6,8-10H2,1H3,(H,21,22). The Morgan fingerprint density at radius 2 is 2.32 bits per heavy atom. The minimum absolute atomic E-state index is 0.141. The fraction of sp³-hybridized carbons (Fsp3) is 0.562. The number of anilines is 2. The molecule has 1 fully saturated rings. The first-order chi connectivity index (χ1) is 10.5. The fourth-order valence-corrected chi connectivity index (χ4v) is 2.90. The summed E-state index contributed by atoms with van der Waals surface area (Å²) in [7, 11) is 0. The summed E-state index contributed by atoms with van der Waals surface area (Å²) < 4.78 is 0. The number of nitrogens with one attached hydrogen (secondary N) is 1. The summed E-state index contributed by atoms with van der Waals surface area (Å²) in [5, 5.41) is 22.0. The number of carbonyl (C=O) groups is 1. The summed E-state index contributed by atoms with van der Waals surface area (Å²) in [5.74, 6) is -0.218. The molecule has 0 saturated carbocycles. The zero-order valence-corrected chi connectivity index (χ0v) is 13.5. The van der Waals surface area contributed by atoms with Gasteiger partial charge in [-0.05, 0) is 37.0 Å². The van der Waals surface area contributed by atoms with Gasteiger partial charge < -0.3 is 20.4 Å². The Kier molecular flexibility index (Phi) is 5.91. The predicted molar refractivity (Wildman–Crippen MR) is 89.2 cm³/mol. The molecule has 1 aromatic rings. The van der Waals surface area contributed by atoms with E-state index in [0.29, 0.717) is 23.7 Å². The Morgan fingerprint density at radius 1 is 1.55 bits per heavy atom. The zero-order valence-electron chi connectivity index (χ0n) is 12.8. The molecule has 5 nitrogen and oxygen atoms in total. The van der Waals surface area contributed by atoms with Gasteiger partial charge in [0.15, 0.2) is 0 Å². The van der Waals surface area contributed by atoms with Crippen molar-refractivity contribution in [3.05, 3.63) is 23.8 Å². The van der Waals surface area contributed by atoms with Crippen LogP contribution < -0.4 is 10.2 Å². The minimum atomic E-state index is -0.935. The van der Waals surface area contributed by atoms with Gasteiger partial charge in [-0.2, -0.15) is 0 Å². The Labute approximate surface area is 135 Å². The van der Waals surface area contributed by atoms with Gasteiger partial charge in [0.1, 0.15) is 0 Å². The minimum Gasteiger partial charge on any atom is -0.478 e. The number of alkyl halides is 1. The van der Waals surface area contributed by atoms with Crippen LogP contribution in [0.3, 0.4) is 0 Å². The highest BCUT2D eigenvalue weighted by Gasteiger charge is 2.21. The van der Waals surface area contributed by atoms with E-state index in [4.69, 9.17) is 11.6 Å². The van der Waals surface area contributed by atoms with E-state index in [-0.39, 0.29) is 5.88 Å². The van der Waals surface area contributed by atoms with Crippen molar-refractivity contribution in [3.8, 4) is 0 Å². The predicted octanol–water partition coefficient (Wildman–Crippen LogP) is 2.63. The zero-order chi connectivity index (χ0) is 16.1. The number of halogens is 1. The van der Waals surface area contributed by atoms with E-state index in [2.05, 4.69) is 17.1 Å². The lowest BCUT2D eigenvalue weighted by molar-refractivity contribution is 0.0697. The maximum atomic E-state index is 11.6. The van der Waals surface area contributed by atoms with Crippen LogP contribution in [0.4, 0.5) is 11.4 Å². The molecule has 2 atom stereocenters. The summed E-state index contributed by atoms with van der Waals surface area (Å²) in [6.07, 6.45) is 1.62. The second kappa shape index (κ2) is 7.70. The van der Waals surface area contributed by atoms with E-state index in [1.165, 1.54) is 6.42 Å². The largest absolute Gasteiger partial charge is 0.478 e. The van der Waals surface area contributed by atoms with Gasteiger partial charge in [-0.1, -0.05) is 6.92 Å². The average molecular weight is 327 g/mol.